The molecule has 19 heavy (non-hydrogen) atoms. The lowest BCUT2D eigenvalue weighted by molar-refractivity contribution is 0.132. The molecule has 2 atom stereocenters. The Morgan fingerprint density at radius 1 is 0.947 bits per heavy atom. The Balaban J connectivity index is 2.21. The van der Waals surface area contributed by atoms with Crippen molar-refractivity contribution < 1.29 is 13.9 Å². The Bertz CT molecular complexity index is 525. The van der Waals surface area contributed by atoms with Crippen LogP contribution in [0, 0.1) is 5.82 Å². The molecule has 0 aliphatic heterocycles. The fraction of sp³-hybridized carbons (Fsp3) is 0.200. The first-order valence-corrected chi connectivity index (χ1v) is 5.97. The topological polar surface area (TPSA) is 46.2 Å². The number of benzene rings is 2. The van der Waals surface area contributed by atoms with E-state index < -0.39 is 18.8 Å². The van der Waals surface area contributed by atoms with Gasteiger partial charge in [-0.15, -0.1) is 0 Å². The van der Waals surface area contributed by atoms with Crippen molar-refractivity contribution in [2.75, 3.05) is 6.67 Å². The second kappa shape index (κ2) is 5.91. The summed E-state index contributed by atoms with van der Waals surface area (Å²) in [5.41, 5.74) is 7.78. The number of aliphatic hydroxyl groups excluding tert-OH is 1. The molecule has 2 aromatic carbocycles. The zero-order chi connectivity index (χ0) is 13.8. The number of alkyl halides is 1. The predicted octanol–water partition coefficient (Wildman–Crippen LogP) is 2.82. The van der Waals surface area contributed by atoms with Gasteiger partial charge >= 0.3 is 0 Å². The number of rotatable bonds is 4. The van der Waals surface area contributed by atoms with Gasteiger partial charge in [0.25, 0.3) is 0 Å². The molecule has 100 valence electrons. The molecule has 0 aliphatic carbocycles. The number of halogens is 2. The lowest BCUT2D eigenvalue weighted by Gasteiger charge is -2.16. The lowest BCUT2D eigenvalue weighted by Crippen LogP contribution is -2.30. The van der Waals surface area contributed by atoms with Gasteiger partial charge in [-0.25, -0.2) is 8.78 Å². The third-order valence-corrected chi connectivity index (χ3v) is 3.01. The van der Waals surface area contributed by atoms with E-state index in [0.717, 1.165) is 11.1 Å². The van der Waals surface area contributed by atoms with Crippen LogP contribution in [-0.2, 0) is 0 Å². The highest BCUT2D eigenvalue weighted by atomic mass is 19.1. The molecule has 0 saturated heterocycles. The van der Waals surface area contributed by atoms with Crippen LogP contribution >= 0.6 is 0 Å². The van der Waals surface area contributed by atoms with Crippen LogP contribution in [0.3, 0.4) is 0 Å². The maximum atomic E-state index is 12.8. The highest BCUT2D eigenvalue weighted by Gasteiger charge is 2.16. The van der Waals surface area contributed by atoms with Crippen molar-refractivity contribution in [1.82, 2.24) is 0 Å². The third-order valence-electron chi connectivity index (χ3n) is 3.01. The van der Waals surface area contributed by atoms with Crippen LogP contribution in [0.1, 0.15) is 11.7 Å². The van der Waals surface area contributed by atoms with E-state index in [1.165, 1.54) is 12.1 Å². The zero-order valence-electron chi connectivity index (χ0n) is 10.3. The van der Waals surface area contributed by atoms with Gasteiger partial charge in [-0.3, -0.25) is 0 Å². The summed E-state index contributed by atoms with van der Waals surface area (Å²) in [6.07, 6.45) is -1.02. The summed E-state index contributed by atoms with van der Waals surface area (Å²) in [6, 6.07) is 12.2. The summed E-state index contributed by atoms with van der Waals surface area (Å²) in [7, 11) is 0. The number of hydrogen-bond acceptors (Lipinski definition) is 2. The molecule has 0 fully saturated rings. The normalized spacial score (nSPS) is 14.1. The fourth-order valence-corrected chi connectivity index (χ4v) is 1.85. The first-order chi connectivity index (χ1) is 9.11. The second-order valence-electron chi connectivity index (χ2n) is 4.39. The smallest absolute Gasteiger partial charge is 0.123 e. The van der Waals surface area contributed by atoms with E-state index in [1.54, 1.807) is 36.4 Å². The van der Waals surface area contributed by atoms with Gasteiger partial charge in [0.15, 0.2) is 0 Å². The van der Waals surface area contributed by atoms with Crippen molar-refractivity contribution >= 4 is 0 Å². The average molecular weight is 263 g/mol. The van der Waals surface area contributed by atoms with Gasteiger partial charge in [0.2, 0.25) is 0 Å². The van der Waals surface area contributed by atoms with E-state index in [0.29, 0.717) is 5.56 Å². The Morgan fingerprint density at radius 2 is 1.42 bits per heavy atom. The molecule has 0 aromatic heterocycles. The highest BCUT2D eigenvalue weighted by molar-refractivity contribution is 5.63. The van der Waals surface area contributed by atoms with Gasteiger partial charge < -0.3 is 10.8 Å². The minimum atomic E-state index is -1.02. The lowest BCUT2D eigenvalue weighted by atomic mass is 9.99. The summed E-state index contributed by atoms with van der Waals surface area (Å²) >= 11 is 0. The molecule has 2 nitrogen and oxygen atoms in total. The van der Waals surface area contributed by atoms with E-state index >= 15 is 0 Å². The molecule has 2 aromatic rings. The number of aliphatic hydroxyl groups is 1. The molecule has 0 heterocycles. The molecule has 0 spiro atoms. The molecule has 0 unspecified atom stereocenters. The van der Waals surface area contributed by atoms with Crippen LogP contribution in [0.25, 0.3) is 11.1 Å². The molecule has 4 heteroatoms. The molecule has 0 saturated carbocycles. The summed E-state index contributed by atoms with van der Waals surface area (Å²) < 4.78 is 25.2. The SMILES string of the molecule is N[C@H](CF)[C@H](O)c1ccc(-c2ccc(F)cc2)cc1. The van der Waals surface area contributed by atoms with Crippen molar-refractivity contribution in [3.8, 4) is 11.1 Å². The minimum Gasteiger partial charge on any atom is -0.387 e. The Hall–Kier alpha value is -1.78. The van der Waals surface area contributed by atoms with E-state index in [-0.39, 0.29) is 5.82 Å². The van der Waals surface area contributed by atoms with Crippen molar-refractivity contribution in [2.45, 2.75) is 12.1 Å². The minimum absolute atomic E-state index is 0.287. The van der Waals surface area contributed by atoms with E-state index in [2.05, 4.69) is 0 Å². The summed E-state index contributed by atoms with van der Waals surface area (Å²) in [6.45, 7) is -0.777. The van der Waals surface area contributed by atoms with Gasteiger partial charge in [0, 0.05) is 0 Å². The van der Waals surface area contributed by atoms with Crippen molar-refractivity contribution in [3.63, 3.8) is 0 Å². The van der Waals surface area contributed by atoms with Crippen molar-refractivity contribution in [3.05, 3.63) is 59.9 Å². The molecule has 2 rings (SSSR count). The molecule has 0 amide bonds. The van der Waals surface area contributed by atoms with Crippen LogP contribution in [0.4, 0.5) is 8.78 Å². The average Bonchev–Trinajstić information content (AvgIpc) is 2.46. The molecule has 3 N–H and O–H groups in total. The van der Waals surface area contributed by atoms with Crippen LogP contribution in [0.2, 0.25) is 0 Å². The van der Waals surface area contributed by atoms with Crippen LogP contribution in [-0.4, -0.2) is 17.8 Å². The third kappa shape index (κ3) is 3.16. The Labute approximate surface area is 110 Å². The molecular formula is C15H15F2NO. The van der Waals surface area contributed by atoms with E-state index in [1.807, 2.05) is 0 Å². The first-order valence-electron chi connectivity index (χ1n) is 5.97. The van der Waals surface area contributed by atoms with E-state index in [9.17, 15) is 13.9 Å². The van der Waals surface area contributed by atoms with Gasteiger partial charge in [0.1, 0.15) is 12.5 Å². The van der Waals surface area contributed by atoms with Gasteiger partial charge in [-0.2, -0.15) is 0 Å². The van der Waals surface area contributed by atoms with Crippen LogP contribution < -0.4 is 5.73 Å². The van der Waals surface area contributed by atoms with Crippen LogP contribution in [0.5, 0.6) is 0 Å². The molecule has 0 radical (unpaired) electrons. The highest BCUT2D eigenvalue weighted by Crippen LogP contribution is 2.23. The predicted molar refractivity (Wildman–Crippen MR) is 70.7 cm³/mol. The largest absolute Gasteiger partial charge is 0.387 e. The molecule has 0 aliphatic rings. The molecular weight excluding hydrogens is 248 g/mol. The Kier molecular flexibility index (Phi) is 4.24. The monoisotopic (exact) mass is 263 g/mol. The maximum absolute atomic E-state index is 12.8. The summed E-state index contributed by atoms with van der Waals surface area (Å²) in [5, 5.41) is 9.77. The van der Waals surface area contributed by atoms with Crippen molar-refractivity contribution in [1.29, 1.82) is 0 Å². The zero-order valence-corrected chi connectivity index (χ0v) is 10.3. The Morgan fingerprint density at radius 3 is 1.89 bits per heavy atom. The number of nitrogens with two attached hydrogens (primary N) is 1. The summed E-state index contributed by atoms with van der Waals surface area (Å²) in [4.78, 5) is 0. The van der Waals surface area contributed by atoms with Gasteiger partial charge in [-0.05, 0) is 28.8 Å². The van der Waals surface area contributed by atoms with Gasteiger partial charge in [-0.1, -0.05) is 36.4 Å². The van der Waals surface area contributed by atoms with E-state index in [4.69, 9.17) is 5.73 Å². The van der Waals surface area contributed by atoms with Crippen molar-refractivity contribution in [2.24, 2.45) is 5.73 Å². The summed E-state index contributed by atoms with van der Waals surface area (Å²) in [5.74, 6) is -0.287. The first kappa shape index (κ1) is 13.6. The molecule has 0 bridgehead atoms. The second-order valence-corrected chi connectivity index (χ2v) is 4.39. The van der Waals surface area contributed by atoms with Gasteiger partial charge in [0.05, 0.1) is 12.1 Å². The van der Waals surface area contributed by atoms with Crippen LogP contribution in [0.15, 0.2) is 48.5 Å². The quantitative estimate of drug-likeness (QED) is 0.891. The standard InChI is InChI=1S/C15H15F2NO/c16-9-14(18)15(19)12-3-1-10(2-4-12)11-5-7-13(17)8-6-11/h1-8,14-15,19H,9,18H2/t14-,15-/m1/s1. The maximum Gasteiger partial charge on any atom is 0.123 e. The number of hydrogen-bond donors (Lipinski definition) is 2. The fourth-order valence-electron chi connectivity index (χ4n) is 1.85.